The molecule has 10 heteroatoms. The molecule has 0 saturated carbocycles. The molecule has 4 rings (SSSR count). The van der Waals surface area contributed by atoms with Gasteiger partial charge in [0.1, 0.15) is 21.6 Å². The minimum absolute atomic E-state index is 0.276. The summed E-state index contributed by atoms with van der Waals surface area (Å²) in [6.45, 7) is 9.25. The van der Waals surface area contributed by atoms with Crippen LogP contribution in [-0.2, 0) is 0 Å². The zero-order valence-electron chi connectivity index (χ0n) is 19.5. The van der Waals surface area contributed by atoms with Crippen molar-refractivity contribution < 1.29 is 4.74 Å². The Hall–Kier alpha value is -2.79. The predicted octanol–water partition coefficient (Wildman–Crippen LogP) is 5.66. The number of nitrogens with one attached hydrogen (secondary N) is 1. The van der Waals surface area contributed by atoms with Crippen molar-refractivity contribution >= 4 is 62.4 Å². The Bertz CT molecular complexity index is 1350. The second-order valence-electron chi connectivity index (χ2n) is 7.89. The second-order valence-corrected chi connectivity index (χ2v) is 9.29. The SMILES string of the molecule is CCNc1c(Cl)c(C)c(-c2ccc(N)cc2)c(OCC)c1C(C)n1nc(I)c2c(N)ncnc21. The van der Waals surface area contributed by atoms with E-state index in [2.05, 4.69) is 44.8 Å². The lowest BCUT2D eigenvalue weighted by molar-refractivity contribution is 0.334. The molecule has 4 aromatic rings. The average molecular weight is 592 g/mol. The maximum Gasteiger partial charge on any atom is 0.165 e. The van der Waals surface area contributed by atoms with Crippen LogP contribution in [0.5, 0.6) is 5.75 Å². The number of aromatic nitrogens is 4. The van der Waals surface area contributed by atoms with E-state index in [1.165, 1.54) is 6.33 Å². The fraction of sp³-hybridized carbons (Fsp3) is 0.292. The molecule has 8 nitrogen and oxygen atoms in total. The molecule has 0 spiro atoms. The lowest BCUT2D eigenvalue weighted by Crippen LogP contribution is -2.16. The van der Waals surface area contributed by atoms with Crippen LogP contribution in [-0.4, -0.2) is 32.9 Å². The molecule has 2 aromatic heterocycles. The van der Waals surface area contributed by atoms with Gasteiger partial charge in [-0.3, -0.25) is 0 Å². The van der Waals surface area contributed by atoms with Crippen LogP contribution in [0.25, 0.3) is 22.2 Å². The van der Waals surface area contributed by atoms with Gasteiger partial charge in [-0.1, -0.05) is 23.7 Å². The van der Waals surface area contributed by atoms with Crippen LogP contribution in [0.1, 0.15) is 37.9 Å². The normalized spacial score (nSPS) is 12.2. The van der Waals surface area contributed by atoms with Gasteiger partial charge >= 0.3 is 0 Å². The highest BCUT2D eigenvalue weighted by atomic mass is 127. The minimum atomic E-state index is -0.276. The monoisotopic (exact) mass is 591 g/mol. The fourth-order valence-electron chi connectivity index (χ4n) is 4.22. The number of nitrogens with two attached hydrogens (primary N) is 2. The predicted molar refractivity (Wildman–Crippen MR) is 148 cm³/mol. The van der Waals surface area contributed by atoms with Crippen molar-refractivity contribution in [1.29, 1.82) is 0 Å². The van der Waals surface area contributed by atoms with Gasteiger partial charge in [-0.2, -0.15) is 5.10 Å². The van der Waals surface area contributed by atoms with Crippen LogP contribution < -0.4 is 21.5 Å². The van der Waals surface area contributed by atoms with Gasteiger partial charge < -0.3 is 21.5 Å². The number of nitrogens with zero attached hydrogens (tertiary/aromatic N) is 4. The van der Waals surface area contributed by atoms with Crippen LogP contribution in [0, 0.1) is 10.6 Å². The molecule has 0 bridgehead atoms. The summed E-state index contributed by atoms with van der Waals surface area (Å²) in [5.41, 5.74) is 18.0. The third-order valence-electron chi connectivity index (χ3n) is 5.77. The Kier molecular flexibility index (Phi) is 7.04. The number of anilines is 3. The summed E-state index contributed by atoms with van der Waals surface area (Å²) >= 11 is 9.16. The number of ether oxygens (including phenoxy) is 1. The zero-order valence-corrected chi connectivity index (χ0v) is 22.4. The highest BCUT2D eigenvalue weighted by Crippen LogP contribution is 2.49. The zero-order chi connectivity index (χ0) is 24.6. The van der Waals surface area contributed by atoms with E-state index in [-0.39, 0.29) is 6.04 Å². The van der Waals surface area contributed by atoms with Gasteiger partial charge in [0, 0.05) is 23.4 Å². The lowest BCUT2D eigenvalue weighted by atomic mass is 9.92. The van der Waals surface area contributed by atoms with Crippen LogP contribution in [0.4, 0.5) is 17.2 Å². The maximum atomic E-state index is 7.00. The molecule has 0 aliphatic heterocycles. The number of rotatable bonds is 7. The Morgan fingerprint density at radius 1 is 1.18 bits per heavy atom. The van der Waals surface area contributed by atoms with Gasteiger partial charge in [0.25, 0.3) is 0 Å². The van der Waals surface area contributed by atoms with Crippen molar-refractivity contribution in [3.63, 3.8) is 0 Å². The molecule has 5 N–H and O–H groups in total. The van der Waals surface area contributed by atoms with Gasteiger partial charge in [0.15, 0.2) is 5.65 Å². The number of nitrogen functional groups attached to an aromatic ring is 2. The highest BCUT2D eigenvalue weighted by Gasteiger charge is 2.29. The Morgan fingerprint density at radius 3 is 2.53 bits per heavy atom. The van der Waals surface area contributed by atoms with E-state index in [0.29, 0.717) is 35.3 Å². The summed E-state index contributed by atoms with van der Waals surface area (Å²) < 4.78 is 8.92. The summed E-state index contributed by atoms with van der Waals surface area (Å²) in [6.07, 6.45) is 1.45. The number of benzene rings is 2. The number of hydrogen-bond donors (Lipinski definition) is 3. The Labute approximate surface area is 217 Å². The molecule has 1 unspecified atom stereocenters. The molecule has 0 aliphatic rings. The first-order valence-electron chi connectivity index (χ1n) is 11.0. The van der Waals surface area contributed by atoms with Gasteiger partial charge in [0.2, 0.25) is 0 Å². The molecular weight excluding hydrogens is 565 g/mol. The third-order valence-corrected chi connectivity index (χ3v) is 6.99. The summed E-state index contributed by atoms with van der Waals surface area (Å²) in [7, 11) is 0. The molecule has 0 fully saturated rings. The number of fused-ring (bicyclic) bond motifs is 1. The average Bonchev–Trinajstić information content (AvgIpc) is 3.16. The van der Waals surface area contributed by atoms with Crippen molar-refractivity contribution in [3.8, 4) is 16.9 Å². The van der Waals surface area contributed by atoms with Crippen LogP contribution in [0.15, 0.2) is 30.6 Å². The maximum absolute atomic E-state index is 7.00. The van der Waals surface area contributed by atoms with E-state index in [0.717, 1.165) is 42.8 Å². The molecule has 178 valence electrons. The largest absolute Gasteiger partial charge is 0.493 e. The second kappa shape index (κ2) is 9.83. The summed E-state index contributed by atoms with van der Waals surface area (Å²) in [6, 6.07) is 7.45. The van der Waals surface area contributed by atoms with Crippen LogP contribution in [0.3, 0.4) is 0 Å². The standard InChI is InChI=1S/C24H27ClIN7O/c1-5-29-20-17(13(4)33-24-18(22(26)32-33)23(28)30-11-31-24)21(34-6-2)16(12(3)19(20)25)14-7-9-15(27)10-8-14/h7-11,13,29H,5-6,27H2,1-4H3,(H2,28,30,31). The first-order valence-corrected chi connectivity index (χ1v) is 12.5. The first kappa shape index (κ1) is 24.3. The van der Waals surface area contributed by atoms with E-state index in [1.54, 1.807) is 0 Å². The van der Waals surface area contributed by atoms with Crippen molar-refractivity contribution in [1.82, 2.24) is 19.7 Å². The molecule has 0 radical (unpaired) electrons. The van der Waals surface area contributed by atoms with Crippen molar-refractivity contribution in [2.24, 2.45) is 0 Å². The molecule has 2 heterocycles. The molecule has 34 heavy (non-hydrogen) atoms. The fourth-order valence-corrected chi connectivity index (χ4v) is 5.23. The smallest absolute Gasteiger partial charge is 0.165 e. The van der Waals surface area contributed by atoms with Crippen LogP contribution >= 0.6 is 34.2 Å². The molecule has 0 saturated heterocycles. The van der Waals surface area contributed by atoms with E-state index in [4.69, 9.17) is 32.9 Å². The van der Waals surface area contributed by atoms with Gasteiger partial charge in [-0.05, 0) is 73.5 Å². The Balaban J connectivity index is 2.06. The van der Waals surface area contributed by atoms with Crippen molar-refractivity contribution in [2.45, 2.75) is 33.7 Å². The number of halogens is 2. The highest BCUT2D eigenvalue weighted by molar-refractivity contribution is 14.1. The first-order chi connectivity index (χ1) is 16.3. The van der Waals surface area contributed by atoms with Crippen LogP contribution in [0.2, 0.25) is 5.02 Å². The van der Waals surface area contributed by atoms with Crippen molar-refractivity contribution in [3.05, 3.63) is 50.4 Å². The van der Waals surface area contributed by atoms with E-state index < -0.39 is 0 Å². The molecule has 1 atom stereocenters. The third kappa shape index (κ3) is 4.11. The Morgan fingerprint density at radius 2 is 1.88 bits per heavy atom. The summed E-state index contributed by atoms with van der Waals surface area (Å²) in [5.74, 6) is 1.15. The van der Waals surface area contributed by atoms with E-state index >= 15 is 0 Å². The minimum Gasteiger partial charge on any atom is -0.493 e. The topological polar surface area (TPSA) is 117 Å². The summed E-state index contributed by atoms with van der Waals surface area (Å²) in [4.78, 5) is 8.62. The van der Waals surface area contributed by atoms with Gasteiger partial charge in [-0.15, -0.1) is 0 Å². The van der Waals surface area contributed by atoms with Gasteiger partial charge in [0.05, 0.1) is 28.7 Å². The van der Waals surface area contributed by atoms with E-state index in [9.17, 15) is 0 Å². The molecule has 0 amide bonds. The molecular formula is C24H27ClIN7O. The van der Waals surface area contributed by atoms with E-state index in [1.807, 2.05) is 49.7 Å². The van der Waals surface area contributed by atoms with Gasteiger partial charge in [-0.25, -0.2) is 14.6 Å². The number of hydrogen-bond acceptors (Lipinski definition) is 7. The lowest BCUT2D eigenvalue weighted by Gasteiger charge is -2.27. The molecule has 2 aromatic carbocycles. The quantitative estimate of drug-likeness (QED) is 0.187. The molecule has 0 aliphatic carbocycles. The summed E-state index contributed by atoms with van der Waals surface area (Å²) in [5, 5.41) is 9.60. The van der Waals surface area contributed by atoms with Crippen molar-refractivity contribution in [2.75, 3.05) is 29.9 Å².